The molecule has 2 aromatic carbocycles. The molecule has 1 amide bonds. The Bertz CT molecular complexity index is 1520. The number of aliphatic hydroxyl groups is 2. The molecule has 3 N–H and O–H groups in total. The molecule has 2 aliphatic rings. The number of hydrogen-bond acceptors (Lipinski definition) is 8. The van der Waals surface area contributed by atoms with Gasteiger partial charge in [-0.05, 0) is 28.8 Å². The van der Waals surface area contributed by atoms with Crippen LogP contribution < -0.4 is 11.0 Å². The van der Waals surface area contributed by atoms with Crippen LogP contribution in [0, 0.1) is 5.92 Å². The van der Waals surface area contributed by atoms with E-state index in [4.69, 9.17) is 14.2 Å². The first-order valence-corrected chi connectivity index (χ1v) is 14.7. The van der Waals surface area contributed by atoms with Gasteiger partial charge in [-0.1, -0.05) is 86.7 Å². The fraction of sp³-hybridized carbons (Fsp3) is 0.382. The Hall–Kier alpha value is -3.93. The number of rotatable bonds is 10. The van der Waals surface area contributed by atoms with Gasteiger partial charge in [0, 0.05) is 39.2 Å². The summed E-state index contributed by atoms with van der Waals surface area (Å²) in [5.74, 6) is -1.36. The number of anilines is 1. The summed E-state index contributed by atoms with van der Waals surface area (Å²) >= 11 is 0. The maximum Gasteiger partial charge on any atom is 0.351 e. The predicted molar refractivity (Wildman–Crippen MR) is 165 cm³/mol. The number of nitrogens with zero attached hydrogens (tertiary/aromatic N) is 2. The first-order chi connectivity index (χ1) is 21.1. The van der Waals surface area contributed by atoms with Gasteiger partial charge in [-0.3, -0.25) is 9.36 Å². The zero-order valence-corrected chi connectivity index (χ0v) is 25.3. The van der Waals surface area contributed by atoms with Gasteiger partial charge in [-0.2, -0.15) is 4.98 Å². The summed E-state index contributed by atoms with van der Waals surface area (Å²) < 4.78 is 18.9. The summed E-state index contributed by atoms with van der Waals surface area (Å²) in [7, 11) is 3.15. The molecule has 10 heteroatoms. The van der Waals surface area contributed by atoms with E-state index in [1.54, 1.807) is 28.1 Å². The summed E-state index contributed by atoms with van der Waals surface area (Å²) in [5.41, 5.74) is 0.530. The lowest BCUT2D eigenvalue weighted by Crippen LogP contribution is -2.52. The largest absolute Gasteiger partial charge is 0.390 e. The van der Waals surface area contributed by atoms with E-state index >= 15 is 0 Å². The lowest BCUT2D eigenvalue weighted by atomic mass is 9.62. The van der Waals surface area contributed by atoms with Gasteiger partial charge in [0.25, 0.3) is 0 Å². The van der Waals surface area contributed by atoms with E-state index in [1.165, 1.54) is 16.8 Å². The minimum atomic E-state index is -1.30. The van der Waals surface area contributed by atoms with Crippen molar-refractivity contribution in [3.8, 4) is 0 Å². The molecule has 44 heavy (non-hydrogen) atoms. The van der Waals surface area contributed by atoms with Gasteiger partial charge in [0.05, 0.1) is 11.5 Å². The molecular formula is C34H39N3O7. The Morgan fingerprint density at radius 1 is 1.07 bits per heavy atom. The Balaban J connectivity index is 1.55. The van der Waals surface area contributed by atoms with Crippen LogP contribution in [0.25, 0.3) is 0 Å². The van der Waals surface area contributed by atoms with Crippen molar-refractivity contribution in [1.82, 2.24) is 9.55 Å². The van der Waals surface area contributed by atoms with Gasteiger partial charge in [-0.15, -0.1) is 0 Å². The van der Waals surface area contributed by atoms with Crippen LogP contribution in [-0.2, 0) is 24.4 Å². The van der Waals surface area contributed by atoms with E-state index in [0.717, 1.165) is 16.7 Å². The van der Waals surface area contributed by atoms with Crippen LogP contribution in [0.3, 0.4) is 0 Å². The molecule has 0 radical (unpaired) electrons. The maximum atomic E-state index is 13.0. The molecule has 5 rings (SSSR count). The third kappa shape index (κ3) is 5.79. The first-order valence-electron chi connectivity index (χ1n) is 14.7. The number of amides is 1. The summed E-state index contributed by atoms with van der Waals surface area (Å²) in [6, 6.07) is 20.7. The van der Waals surface area contributed by atoms with Gasteiger partial charge in [-0.25, -0.2) is 4.79 Å². The Labute approximate surface area is 256 Å². The molecule has 0 spiro atoms. The quantitative estimate of drug-likeness (QED) is 0.300. The van der Waals surface area contributed by atoms with Crippen LogP contribution in [0.15, 0.2) is 102 Å². The summed E-state index contributed by atoms with van der Waals surface area (Å²) in [6.07, 6.45) is 3.21. The third-order valence-electron chi connectivity index (χ3n) is 8.54. The molecule has 3 aromatic rings. The van der Waals surface area contributed by atoms with Gasteiger partial charge in [0.15, 0.2) is 5.79 Å². The second-order valence-electron chi connectivity index (χ2n) is 11.4. The fourth-order valence-electron chi connectivity index (χ4n) is 6.05. The maximum absolute atomic E-state index is 13.0. The smallest absolute Gasteiger partial charge is 0.351 e. The highest BCUT2D eigenvalue weighted by Crippen LogP contribution is 2.48. The number of aromatic nitrogens is 2. The van der Waals surface area contributed by atoms with Crippen molar-refractivity contribution in [1.29, 1.82) is 0 Å². The molecule has 1 aliphatic heterocycles. The minimum absolute atomic E-state index is 0.0476. The Morgan fingerprint density at radius 2 is 1.68 bits per heavy atom. The molecule has 0 bridgehead atoms. The highest BCUT2D eigenvalue weighted by Gasteiger charge is 2.53. The summed E-state index contributed by atoms with van der Waals surface area (Å²) in [5, 5.41) is 26.5. The minimum Gasteiger partial charge on any atom is -0.390 e. The van der Waals surface area contributed by atoms with Crippen molar-refractivity contribution in [2.24, 2.45) is 5.92 Å². The van der Waals surface area contributed by atoms with Gasteiger partial charge < -0.3 is 29.7 Å². The Kier molecular flexibility index (Phi) is 9.28. The summed E-state index contributed by atoms with van der Waals surface area (Å²) in [4.78, 5) is 29.1. The molecule has 1 aromatic heterocycles. The average Bonchev–Trinajstić information content (AvgIpc) is 3.43. The SMILES string of the molecule is COC1(OC)C=CC(C(c2ccccc2)(c2ccccc2)C(O)[C@H]2O[C@@H](n3ccc(NC(=O)C(C)C)nc3=O)C[C@@H]2O)=CC1. The average molecular weight is 602 g/mol. The number of carbonyl (C=O) groups is 1. The van der Waals surface area contributed by atoms with E-state index in [-0.39, 0.29) is 24.1 Å². The van der Waals surface area contributed by atoms with Crippen molar-refractivity contribution in [3.63, 3.8) is 0 Å². The van der Waals surface area contributed by atoms with Crippen LogP contribution >= 0.6 is 0 Å². The standard InChI is InChI=1S/C34H39N3O7/c1-22(2)31(40)35-27-17-20-37(32(41)36-27)28-21-26(38)29(44-28)30(39)34(23-11-7-5-8-12-23,24-13-9-6-10-14-24)25-15-18-33(42-3,43-4)19-16-25/h5-18,20,22,26,28-30,38-39H,19,21H2,1-4H3,(H,35,36,40,41)/t26-,28+,29-,30?/m0/s1. The number of nitrogens with one attached hydrogen (secondary N) is 1. The lowest BCUT2D eigenvalue weighted by molar-refractivity contribution is -0.168. The molecule has 1 fully saturated rings. The van der Waals surface area contributed by atoms with Crippen molar-refractivity contribution in [3.05, 3.63) is 118 Å². The summed E-state index contributed by atoms with van der Waals surface area (Å²) in [6.45, 7) is 3.48. The van der Waals surface area contributed by atoms with Crippen LogP contribution in [0.1, 0.15) is 44.0 Å². The van der Waals surface area contributed by atoms with E-state index in [1.807, 2.05) is 78.9 Å². The molecule has 232 valence electrons. The highest BCUT2D eigenvalue weighted by molar-refractivity contribution is 5.91. The first kappa shape index (κ1) is 31.5. The van der Waals surface area contributed by atoms with Crippen molar-refractivity contribution >= 4 is 11.7 Å². The second-order valence-corrected chi connectivity index (χ2v) is 11.4. The van der Waals surface area contributed by atoms with E-state index in [9.17, 15) is 19.8 Å². The molecule has 1 saturated heterocycles. The number of allylic oxidation sites excluding steroid dienone is 1. The molecule has 2 heterocycles. The number of methoxy groups -OCH3 is 2. The predicted octanol–water partition coefficient (Wildman–Crippen LogP) is 3.71. The van der Waals surface area contributed by atoms with E-state index in [2.05, 4.69) is 10.3 Å². The second kappa shape index (κ2) is 13.0. The molecule has 0 saturated carbocycles. The number of carbonyl (C=O) groups excluding carboxylic acids is 1. The molecule has 4 atom stereocenters. The van der Waals surface area contributed by atoms with Crippen LogP contribution in [-0.4, -0.2) is 64.0 Å². The number of benzene rings is 2. The van der Waals surface area contributed by atoms with Crippen LogP contribution in [0.2, 0.25) is 0 Å². The molecule has 10 nitrogen and oxygen atoms in total. The van der Waals surface area contributed by atoms with Gasteiger partial charge in [0.2, 0.25) is 5.91 Å². The van der Waals surface area contributed by atoms with E-state index < -0.39 is 41.4 Å². The fourth-order valence-corrected chi connectivity index (χ4v) is 6.05. The van der Waals surface area contributed by atoms with Crippen molar-refractivity contribution in [2.75, 3.05) is 19.5 Å². The van der Waals surface area contributed by atoms with Crippen LogP contribution in [0.5, 0.6) is 0 Å². The van der Waals surface area contributed by atoms with Crippen LogP contribution in [0.4, 0.5) is 5.82 Å². The van der Waals surface area contributed by atoms with Gasteiger partial charge >= 0.3 is 5.69 Å². The monoisotopic (exact) mass is 601 g/mol. The number of hydrogen-bond donors (Lipinski definition) is 3. The molecular weight excluding hydrogens is 562 g/mol. The number of ether oxygens (including phenoxy) is 3. The Morgan fingerprint density at radius 3 is 2.18 bits per heavy atom. The zero-order valence-electron chi connectivity index (χ0n) is 25.3. The van der Waals surface area contributed by atoms with Crippen molar-refractivity contribution < 1.29 is 29.2 Å². The molecule has 1 aliphatic carbocycles. The third-order valence-corrected chi connectivity index (χ3v) is 8.54. The lowest BCUT2D eigenvalue weighted by Gasteiger charge is -2.45. The molecule has 1 unspecified atom stereocenters. The zero-order chi connectivity index (χ0) is 31.5. The highest BCUT2D eigenvalue weighted by atomic mass is 16.7. The van der Waals surface area contributed by atoms with Gasteiger partial charge in [0.1, 0.15) is 24.3 Å². The topological polar surface area (TPSA) is 132 Å². The van der Waals surface area contributed by atoms with Crippen molar-refractivity contribution in [2.45, 2.75) is 62.4 Å². The number of aliphatic hydroxyl groups excluding tert-OH is 2. The van der Waals surface area contributed by atoms with E-state index in [0.29, 0.717) is 6.42 Å². The normalized spacial score (nSPS) is 22.1.